The van der Waals surface area contributed by atoms with Crippen molar-refractivity contribution >= 4 is 0 Å². The maximum absolute atomic E-state index is 4.42. The summed E-state index contributed by atoms with van der Waals surface area (Å²) in [5, 5.41) is 6.53. The van der Waals surface area contributed by atoms with E-state index in [9.17, 15) is 0 Å². The largest absolute Gasteiger partial charge is 0.318 e. The Morgan fingerprint density at radius 2 is 2.21 bits per heavy atom. The van der Waals surface area contributed by atoms with E-state index >= 15 is 0 Å². The van der Waals surface area contributed by atoms with E-state index in [1.165, 1.54) is 0 Å². The molecule has 1 heterocycles. The second-order valence-electron chi connectivity index (χ2n) is 3.61. The third-order valence-corrected chi connectivity index (χ3v) is 2.09. The molecule has 3 nitrogen and oxygen atoms in total. The Morgan fingerprint density at radius 1 is 1.43 bits per heavy atom. The van der Waals surface area contributed by atoms with E-state index in [1.54, 1.807) is 0 Å². The molecule has 0 spiro atoms. The molecular weight excluding hydrogens is 174 g/mol. The van der Waals surface area contributed by atoms with Gasteiger partial charge in [-0.25, -0.2) is 0 Å². The molecule has 0 bridgehead atoms. The highest BCUT2D eigenvalue weighted by molar-refractivity contribution is 5.09. The van der Waals surface area contributed by atoms with Crippen LogP contribution in [0.1, 0.15) is 18.3 Å². The topological polar surface area (TPSA) is 37.0 Å². The van der Waals surface area contributed by atoms with Gasteiger partial charge in [0.15, 0.2) is 0 Å². The van der Waals surface area contributed by atoms with Gasteiger partial charge in [0.2, 0.25) is 0 Å². The monoisotopic (exact) mass is 193 g/mol. The lowest BCUT2D eigenvalue weighted by atomic mass is 10.3. The molecule has 14 heavy (non-hydrogen) atoms. The summed E-state index contributed by atoms with van der Waals surface area (Å²) >= 11 is 0. The fraction of sp³-hybridized carbons (Fsp3) is 0.545. The highest BCUT2D eigenvalue weighted by Crippen LogP contribution is 1.97. The van der Waals surface area contributed by atoms with Crippen molar-refractivity contribution in [3.05, 3.63) is 29.6 Å². The van der Waals surface area contributed by atoms with Crippen LogP contribution in [0.25, 0.3) is 0 Å². The van der Waals surface area contributed by atoms with Crippen molar-refractivity contribution < 1.29 is 0 Å². The summed E-state index contributed by atoms with van der Waals surface area (Å²) < 4.78 is 0. The fourth-order valence-electron chi connectivity index (χ4n) is 1.36. The summed E-state index contributed by atoms with van der Waals surface area (Å²) in [6.45, 7) is 5.99. The van der Waals surface area contributed by atoms with Crippen molar-refractivity contribution in [1.29, 1.82) is 0 Å². The molecule has 1 rings (SSSR count). The number of nitrogens with one attached hydrogen (secondary N) is 2. The molecule has 3 heteroatoms. The number of aryl methyl sites for hydroxylation is 1. The lowest BCUT2D eigenvalue weighted by Gasteiger charge is -2.12. The number of hydrogen-bond donors (Lipinski definition) is 2. The van der Waals surface area contributed by atoms with Gasteiger partial charge >= 0.3 is 0 Å². The number of hydrogen-bond acceptors (Lipinski definition) is 3. The molecule has 0 aliphatic carbocycles. The first kappa shape index (κ1) is 11.1. The van der Waals surface area contributed by atoms with E-state index in [0.29, 0.717) is 6.04 Å². The van der Waals surface area contributed by atoms with Gasteiger partial charge in [0, 0.05) is 24.8 Å². The van der Waals surface area contributed by atoms with Crippen molar-refractivity contribution in [2.45, 2.75) is 26.4 Å². The number of aromatic nitrogens is 1. The Labute approximate surface area is 85.9 Å². The van der Waals surface area contributed by atoms with Crippen molar-refractivity contribution in [2.75, 3.05) is 13.6 Å². The Bertz CT molecular complexity index is 273. The van der Waals surface area contributed by atoms with Crippen LogP contribution < -0.4 is 10.6 Å². The van der Waals surface area contributed by atoms with Gasteiger partial charge in [-0.15, -0.1) is 0 Å². The van der Waals surface area contributed by atoms with Gasteiger partial charge < -0.3 is 10.6 Å². The van der Waals surface area contributed by atoms with Crippen molar-refractivity contribution in [1.82, 2.24) is 15.6 Å². The normalized spacial score (nSPS) is 12.8. The van der Waals surface area contributed by atoms with Gasteiger partial charge in [-0.3, -0.25) is 4.98 Å². The molecule has 0 aliphatic heterocycles. The summed E-state index contributed by atoms with van der Waals surface area (Å²) in [6.07, 6.45) is 0. The molecule has 0 aliphatic rings. The number of rotatable bonds is 5. The average Bonchev–Trinajstić information content (AvgIpc) is 2.15. The van der Waals surface area contributed by atoms with Crippen LogP contribution in [-0.2, 0) is 6.54 Å². The van der Waals surface area contributed by atoms with Gasteiger partial charge in [0.25, 0.3) is 0 Å². The van der Waals surface area contributed by atoms with Gasteiger partial charge in [-0.2, -0.15) is 0 Å². The highest BCUT2D eigenvalue weighted by Gasteiger charge is 2.00. The minimum Gasteiger partial charge on any atom is -0.318 e. The molecule has 0 saturated carbocycles. The summed E-state index contributed by atoms with van der Waals surface area (Å²) in [5.41, 5.74) is 2.18. The van der Waals surface area contributed by atoms with E-state index in [2.05, 4.69) is 22.5 Å². The van der Waals surface area contributed by atoms with Crippen molar-refractivity contribution in [2.24, 2.45) is 0 Å². The summed E-state index contributed by atoms with van der Waals surface area (Å²) in [7, 11) is 1.96. The molecule has 1 unspecified atom stereocenters. The van der Waals surface area contributed by atoms with Crippen LogP contribution in [0.4, 0.5) is 0 Å². The molecule has 1 atom stereocenters. The summed E-state index contributed by atoms with van der Waals surface area (Å²) in [5.74, 6) is 0. The Kier molecular flexibility index (Phi) is 4.56. The zero-order valence-electron chi connectivity index (χ0n) is 9.17. The Hall–Kier alpha value is -0.930. The quantitative estimate of drug-likeness (QED) is 0.735. The Balaban J connectivity index is 2.37. The molecule has 0 amide bonds. The van der Waals surface area contributed by atoms with Crippen molar-refractivity contribution in [3.63, 3.8) is 0 Å². The third kappa shape index (κ3) is 3.85. The van der Waals surface area contributed by atoms with Gasteiger partial charge in [0.05, 0.1) is 5.69 Å². The molecule has 0 radical (unpaired) electrons. The van der Waals surface area contributed by atoms with E-state index in [-0.39, 0.29) is 0 Å². The van der Waals surface area contributed by atoms with E-state index in [1.807, 2.05) is 32.2 Å². The second-order valence-corrected chi connectivity index (χ2v) is 3.61. The smallest absolute Gasteiger partial charge is 0.0544 e. The average molecular weight is 193 g/mol. The zero-order valence-corrected chi connectivity index (χ0v) is 9.17. The van der Waals surface area contributed by atoms with Crippen LogP contribution in [0, 0.1) is 6.92 Å². The van der Waals surface area contributed by atoms with Crippen LogP contribution in [-0.4, -0.2) is 24.6 Å². The maximum Gasteiger partial charge on any atom is 0.0544 e. The predicted octanol–water partition coefficient (Wildman–Crippen LogP) is 1.09. The number of pyridine rings is 1. The first-order chi connectivity index (χ1) is 6.72. The zero-order chi connectivity index (χ0) is 10.4. The molecule has 0 fully saturated rings. The van der Waals surface area contributed by atoms with Crippen LogP contribution in [0.2, 0.25) is 0 Å². The number of nitrogens with zero attached hydrogens (tertiary/aromatic N) is 1. The maximum atomic E-state index is 4.42. The first-order valence-corrected chi connectivity index (χ1v) is 5.03. The Morgan fingerprint density at radius 3 is 2.86 bits per heavy atom. The molecule has 0 aromatic carbocycles. The van der Waals surface area contributed by atoms with Crippen LogP contribution in [0.3, 0.4) is 0 Å². The minimum absolute atomic E-state index is 0.474. The lowest BCUT2D eigenvalue weighted by molar-refractivity contribution is 0.518. The summed E-state index contributed by atoms with van der Waals surface area (Å²) in [6, 6.07) is 6.58. The minimum atomic E-state index is 0.474. The standard InChI is InChI=1S/C11H19N3/c1-9-5-4-6-11(14-9)8-13-10(2)7-12-3/h4-6,10,12-13H,7-8H2,1-3H3. The van der Waals surface area contributed by atoms with Crippen LogP contribution in [0.5, 0.6) is 0 Å². The van der Waals surface area contributed by atoms with Crippen LogP contribution >= 0.6 is 0 Å². The van der Waals surface area contributed by atoms with Gasteiger partial charge in [0.1, 0.15) is 0 Å². The molecule has 0 saturated heterocycles. The first-order valence-electron chi connectivity index (χ1n) is 5.03. The number of likely N-dealkylation sites (N-methyl/N-ethyl adjacent to an activating group) is 1. The van der Waals surface area contributed by atoms with E-state index in [0.717, 1.165) is 24.5 Å². The van der Waals surface area contributed by atoms with E-state index < -0.39 is 0 Å². The van der Waals surface area contributed by atoms with E-state index in [4.69, 9.17) is 0 Å². The molecular formula is C11H19N3. The van der Waals surface area contributed by atoms with Gasteiger partial charge in [-0.05, 0) is 33.0 Å². The van der Waals surface area contributed by atoms with Gasteiger partial charge in [-0.1, -0.05) is 6.07 Å². The predicted molar refractivity (Wildman–Crippen MR) is 59.2 cm³/mol. The highest BCUT2D eigenvalue weighted by atomic mass is 15.0. The SMILES string of the molecule is CNCC(C)NCc1cccc(C)n1. The molecule has 1 aromatic heterocycles. The lowest BCUT2D eigenvalue weighted by Crippen LogP contribution is -2.34. The summed E-state index contributed by atoms with van der Waals surface area (Å²) in [4.78, 5) is 4.42. The molecule has 78 valence electrons. The molecule has 1 aromatic rings. The third-order valence-electron chi connectivity index (χ3n) is 2.09. The van der Waals surface area contributed by atoms with Crippen molar-refractivity contribution in [3.8, 4) is 0 Å². The second kappa shape index (κ2) is 5.73. The molecule has 2 N–H and O–H groups in total. The van der Waals surface area contributed by atoms with Crippen LogP contribution in [0.15, 0.2) is 18.2 Å². The fourth-order valence-corrected chi connectivity index (χ4v) is 1.36.